The van der Waals surface area contributed by atoms with Gasteiger partial charge < -0.3 is 4.42 Å². The number of H-pyrrole nitrogens is 1. The number of fused-ring (bicyclic) bond motifs is 7. The molecule has 3 nitrogen and oxygen atoms in total. The zero-order valence-corrected chi connectivity index (χ0v) is 28.1. The molecule has 1 N–H and O–H groups in total. The highest BCUT2D eigenvalue weighted by atomic mass is 16.3. The van der Waals surface area contributed by atoms with Crippen molar-refractivity contribution in [2.24, 2.45) is 0 Å². The van der Waals surface area contributed by atoms with Gasteiger partial charge in [0.05, 0.1) is 0 Å². The lowest BCUT2D eigenvalue weighted by Gasteiger charge is -2.20. The number of aryl methyl sites for hydroxylation is 1. The SMILES string of the molecule is [2H]C([2H])([2H])c1ccc2c(ccc3cc4oc5c(-c6[nH]c7ccccc7[n+]6-c6c(C(C)C)cc(-c7ccccc7)cc6C(C)C)cccc5c4cc32)c1. The maximum atomic E-state index is 7.91. The van der Waals surface area contributed by atoms with Crippen LogP contribution in [0.3, 0.4) is 0 Å². The Labute approximate surface area is 290 Å². The largest absolute Gasteiger partial charge is 0.455 e. The lowest BCUT2D eigenvalue weighted by molar-refractivity contribution is -0.556. The van der Waals surface area contributed by atoms with Crippen LogP contribution < -0.4 is 4.57 Å². The van der Waals surface area contributed by atoms with E-state index in [2.05, 4.69) is 140 Å². The van der Waals surface area contributed by atoms with Crippen molar-refractivity contribution in [2.75, 3.05) is 0 Å². The van der Waals surface area contributed by atoms with Gasteiger partial charge in [-0.3, -0.25) is 0 Å². The lowest BCUT2D eigenvalue weighted by Crippen LogP contribution is -2.35. The summed E-state index contributed by atoms with van der Waals surface area (Å²) < 4.78 is 33.0. The number of rotatable bonds is 5. The Bertz CT molecular complexity index is 2810. The molecule has 0 saturated carbocycles. The number of benzene rings is 7. The molecule has 0 aliphatic carbocycles. The molecule has 0 saturated heterocycles. The number of aromatic amines is 1. The third-order valence-corrected chi connectivity index (χ3v) is 10.1. The van der Waals surface area contributed by atoms with Gasteiger partial charge >= 0.3 is 0 Å². The zero-order chi connectivity index (χ0) is 35.9. The second-order valence-corrected chi connectivity index (χ2v) is 13.9. The monoisotopic (exact) mass is 638 g/mol. The van der Waals surface area contributed by atoms with Crippen LogP contribution in [-0.2, 0) is 0 Å². The Kier molecular flexibility index (Phi) is 6.01. The van der Waals surface area contributed by atoms with Crippen LogP contribution in [-0.4, -0.2) is 4.98 Å². The third kappa shape index (κ3) is 4.68. The predicted octanol–water partition coefficient (Wildman–Crippen LogP) is 12.5. The molecule has 0 aliphatic rings. The van der Waals surface area contributed by atoms with Gasteiger partial charge in [0.25, 0.3) is 5.82 Å². The van der Waals surface area contributed by atoms with Gasteiger partial charge in [0.15, 0.2) is 16.6 Å². The second-order valence-electron chi connectivity index (χ2n) is 13.9. The fourth-order valence-electron chi connectivity index (χ4n) is 7.66. The molecule has 0 spiro atoms. The maximum Gasteiger partial charge on any atom is 0.296 e. The van der Waals surface area contributed by atoms with E-state index in [1.54, 1.807) is 12.1 Å². The highest BCUT2D eigenvalue weighted by Crippen LogP contribution is 2.40. The summed E-state index contributed by atoms with van der Waals surface area (Å²) in [6, 6.07) is 44.2. The molecule has 0 radical (unpaired) electrons. The van der Waals surface area contributed by atoms with E-state index < -0.39 is 6.85 Å². The van der Waals surface area contributed by atoms with Gasteiger partial charge in [0, 0.05) is 26.0 Å². The average molecular weight is 639 g/mol. The summed E-state index contributed by atoms with van der Waals surface area (Å²) in [6.07, 6.45) is 0. The first-order valence-corrected chi connectivity index (χ1v) is 17.2. The zero-order valence-electron chi connectivity index (χ0n) is 31.1. The van der Waals surface area contributed by atoms with Crippen molar-refractivity contribution in [3.8, 4) is 28.2 Å². The standard InChI is InChI=1S/C46H38N2O/c1-27(2)37-23-33(30-12-7-6-8-13-30)24-38(28(3)4)44(37)48-42-17-10-9-16-41(42)47-46(48)36-15-11-14-35-40-26-39-32(25-43(40)49-45(35)36)20-19-31-22-29(5)18-21-34(31)39/h6-28H,1-5H3/p+1/i5D3. The molecule has 3 heteroatoms. The molecule has 238 valence electrons. The molecule has 0 atom stereocenters. The van der Waals surface area contributed by atoms with Crippen LogP contribution in [0.1, 0.15) is 60.3 Å². The van der Waals surface area contributed by atoms with Gasteiger partial charge in [0.1, 0.15) is 16.8 Å². The first kappa shape index (κ1) is 26.3. The molecule has 0 amide bonds. The number of furan rings is 1. The number of hydrogen-bond acceptors (Lipinski definition) is 1. The molecule has 0 aliphatic heterocycles. The van der Waals surface area contributed by atoms with E-state index in [4.69, 9.17) is 8.53 Å². The van der Waals surface area contributed by atoms with E-state index in [0.717, 1.165) is 65.9 Å². The number of para-hydroxylation sites is 3. The van der Waals surface area contributed by atoms with Gasteiger partial charge in [-0.25, -0.2) is 4.98 Å². The number of hydrogen-bond donors (Lipinski definition) is 1. The third-order valence-electron chi connectivity index (χ3n) is 10.1. The molecule has 2 aromatic heterocycles. The topological polar surface area (TPSA) is 32.8 Å². The number of imidazole rings is 1. The number of nitrogens with zero attached hydrogens (tertiary/aromatic N) is 1. The molecule has 7 aromatic carbocycles. The summed E-state index contributed by atoms with van der Waals surface area (Å²) in [7, 11) is 0. The van der Waals surface area contributed by atoms with E-state index in [9.17, 15) is 0 Å². The Morgan fingerprint density at radius 2 is 1.35 bits per heavy atom. The first-order valence-electron chi connectivity index (χ1n) is 18.7. The van der Waals surface area contributed by atoms with Crippen LogP contribution >= 0.6 is 0 Å². The Balaban J connectivity index is 1.32. The van der Waals surface area contributed by atoms with E-state index >= 15 is 0 Å². The van der Waals surface area contributed by atoms with Crippen molar-refractivity contribution in [3.05, 3.63) is 144 Å². The van der Waals surface area contributed by atoms with Crippen LogP contribution in [0.4, 0.5) is 0 Å². The van der Waals surface area contributed by atoms with Crippen molar-refractivity contribution in [3.63, 3.8) is 0 Å². The fourth-order valence-corrected chi connectivity index (χ4v) is 7.66. The molecule has 9 aromatic rings. The van der Waals surface area contributed by atoms with Crippen molar-refractivity contribution in [2.45, 2.75) is 46.4 Å². The fraction of sp³-hybridized carbons (Fsp3) is 0.152. The molecule has 2 heterocycles. The highest BCUT2D eigenvalue weighted by Gasteiger charge is 2.31. The normalized spacial score (nSPS) is 13.3. The molecule has 49 heavy (non-hydrogen) atoms. The molecule has 0 unspecified atom stereocenters. The van der Waals surface area contributed by atoms with Gasteiger partial charge in [-0.1, -0.05) is 118 Å². The summed E-state index contributed by atoms with van der Waals surface area (Å²) >= 11 is 0. The molecule has 9 rings (SSSR count). The summed E-state index contributed by atoms with van der Waals surface area (Å²) in [5, 5.41) is 6.10. The van der Waals surface area contributed by atoms with E-state index in [0.29, 0.717) is 5.56 Å². The molecule has 0 fully saturated rings. The Morgan fingerprint density at radius 3 is 2.10 bits per heavy atom. The van der Waals surface area contributed by atoms with Gasteiger partial charge in [0.2, 0.25) is 0 Å². The summed E-state index contributed by atoms with van der Waals surface area (Å²) in [6.45, 7) is 6.98. The first-order chi connectivity index (χ1) is 25.1. The maximum absolute atomic E-state index is 7.91. The quantitative estimate of drug-likeness (QED) is 0.148. The number of nitrogens with one attached hydrogen (secondary N) is 1. The smallest absolute Gasteiger partial charge is 0.296 e. The minimum atomic E-state index is -2.15. The van der Waals surface area contributed by atoms with E-state index in [1.165, 1.54) is 27.9 Å². The summed E-state index contributed by atoms with van der Waals surface area (Å²) in [4.78, 5) is 3.83. The van der Waals surface area contributed by atoms with Crippen molar-refractivity contribution in [1.82, 2.24) is 4.98 Å². The minimum Gasteiger partial charge on any atom is -0.455 e. The molecule has 0 bridgehead atoms. The van der Waals surface area contributed by atoms with Crippen molar-refractivity contribution < 1.29 is 13.1 Å². The van der Waals surface area contributed by atoms with Gasteiger partial charge in [-0.2, -0.15) is 4.57 Å². The van der Waals surface area contributed by atoms with Crippen molar-refractivity contribution >= 4 is 54.5 Å². The molecular weight excluding hydrogens is 597 g/mol. The van der Waals surface area contributed by atoms with Crippen molar-refractivity contribution in [1.29, 1.82) is 0 Å². The van der Waals surface area contributed by atoms with Gasteiger partial charge in [-0.15, -0.1) is 0 Å². The van der Waals surface area contributed by atoms with Gasteiger partial charge in [-0.05, 0) is 93.8 Å². The summed E-state index contributed by atoms with van der Waals surface area (Å²) in [5.41, 5.74) is 11.4. The van der Waals surface area contributed by atoms with Crippen LogP contribution in [0, 0.1) is 6.85 Å². The minimum absolute atomic E-state index is 0.269. The van der Waals surface area contributed by atoms with Crippen LogP contribution in [0.2, 0.25) is 0 Å². The van der Waals surface area contributed by atoms with E-state index in [-0.39, 0.29) is 11.8 Å². The van der Waals surface area contributed by atoms with Crippen LogP contribution in [0.15, 0.2) is 132 Å². The molecular formula is C46H39N2O+. The Hall–Kier alpha value is -5.67. The highest BCUT2D eigenvalue weighted by molar-refractivity contribution is 6.17. The second kappa shape index (κ2) is 11.2. The Morgan fingerprint density at radius 1 is 0.612 bits per heavy atom. The predicted molar refractivity (Wildman–Crippen MR) is 206 cm³/mol. The average Bonchev–Trinajstić information content (AvgIpc) is 3.71. The summed E-state index contributed by atoms with van der Waals surface area (Å²) in [5.74, 6) is 1.50. The number of aromatic nitrogens is 2. The lowest BCUT2D eigenvalue weighted by atomic mass is 9.88. The van der Waals surface area contributed by atoms with Crippen LogP contribution in [0.25, 0.3) is 82.7 Å². The van der Waals surface area contributed by atoms with Crippen LogP contribution in [0.5, 0.6) is 0 Å². The van der Waals surface area contributed by atoms with E-state index in [1.807, 2.05) is 12.1 Å².